The molecule has 6 heteroatoms. The van der Waals surface area contributed by atoms with Crippen LogP contribution in [0.1, 0.15) is 13.3 Å². The van der Waals surface area contributed by atoms with Crippen LogP contribution in [0, 0.1) is 0 Å². The van der Waals surface area contributed by atoms with Crippen LogP contribution in [0.4, 0.5) is 11.4 Å². The lowest BCUT2D eigenvalue weighted by Gasteiger charge is -2.34. The fraction of sp³-hybridized carbons (Fsp3) is 0.632. The van der Waals surface area contributed by atoms with Gasteiger partial charge in [-0.2, -0.15) is 0 Å². The lowest BCUT2D eigenvalue weighted by atomic mass is 10.2. The second-order valence-electron chi connectivity index (χ2n) is 6.69. The number of piperazine rings is 1. The number of benzene rings is 1. The Morgan fingerprint density at radius 2 is 1.72 bits per heavy atom. The van der Waals surface area contributed by atoms with Crippen LogP contribution in [0.25, 0.3) is 0 Å². The molecule has 0 saturated carbocycles. The van der Waals surface area contributed by atoms with Gasteiger partial charge in [0.1, 0.15) is 0 Å². The van der Waals surface area contributed by atoms with Gasteiger partial charge < -0.3 is 24.8 Å². The molecule has 6 nitrogen and oxygen atoms in total. The van der Waals surface area contributed by atoms with Crippen LogP contribution in [0.15, 0.2) is 24.3 Å². The van der Waals surface area contributed by atoms with E-state index in [1.807, 2.05) is 18.2 Å². The van der Waals surface area contributed by atoms with Crippen molar-refractivity contribution < 1.29 is 9.53 Å². The normalized spacial score (nSPS) is 19.8. The van der Waals surface area contributed by atoms with Crippen molar-refractivity contribution in [2.45, 2.75) is 13.3 Å². The highest BCUT2D eigenvalue weighted by molar-refractivity contribution is 5.94. The van der Waals surface area contributed by atoms with Crippen molar-refractivity contribution in [3.63, 3.8) is 0 Å². The summed E-state index contributed by atoms with van der Waals surface area (Å²) in [4.78, 5) is 19.5. The quantitative estimate of drug-likeness (QED) is 0.846. The average Bonchev–Trinajstić information content (AvgIpc) is 2.68. The Morgan fingerprint density at radius 1 is 1.04 bits per heavy atom. The zero-order valence-electron chi connectivity index (χ0n) is 15.2. The summed E-state index contributed by atoms with van der Waals surface area (Å²) in [6.07, 6.45) is 0.545. The maximum absolute atomic E-state index is 12.4. The van der Waals surface area contributed by atoms with E-state index in [0.717, 1.165) is 76.9 Å². The van der Waals surface area contributed by atoms with Gasteiger partial charge in [0.05, 0.1) is 24.6 Å². The van der Waals surface area contributed by atoms with Crippen molar-refractivity contribution >= 4 is 17.3 Å². The highest BCUT2D eigenvalue weighted by Crippen LogP contribution is 2.26. The molecule has 0 bridgehead atoms. The van der Waals surface area contributed by atoms with E-state index in [1.54, 1.807) is 0 Å². The molecule has 1 aromatic rings. The summed E-state index contributed by atoms with van der Waals surface area (Å²) in [5.74, 6) is 0.0960. The first-order valence-electron chi connectivity index (χ1n) is 9.42. The number of nitrogens with one attached hydrogen (secondary N) is 1. The predicted molar refractivity (Wildman–Crippen MR) is 101 cm³/mol. The second-order valence-corrected chi connectivity index (χ2v) is 6.69. The molecule has 0 aliphatic carbocycles. The third-order valence-corrected chi connectivity index (χ3v) is 5.10. The third-order valence-electron chi connectivity index (χ3n) is 5.10. The molecule has 2 aliphatic heterocycles. The summed E-state index contributed by atoms with van der Waals surface area (Å²) in [7, 11) is 0. The number of morpholine rings is 1. The van der Waals surface area contributed by atoms with Gasteiger partial charge in [0.15, 0.2) is 0 Å². The molecule has 2 heterocycles. The second kappa shape index (κ2) is 9.17. The third kappa shape index (κ3) is 5.17. The van der Waals surface area contributed by atoms with E-state index in [1.165, 1.54) is 0 Å². The average molecular weight is 346 g/mol. The van der Waals surface area contributed by atoms with Crippen LogP contribution in [-0.2, 0) is 9.53 Å². The fourth-order valence-corrected chi connectivity index (χ4v) is 3.46. The Balaban J connectivity index is 1.49. The highest BCUT2D eigenvalue weighted by Gasteiger charge is 2.18. The van der Waals surface area contributed by atoms with E-state index in [2.05, 4.69) is 33.0 Å². The molecule has 0 atom stereocenters. The molecule has 2 fully saturated rings. The summed E-state index contributed by atoms with van der Waals surface area (Å²) >= 11 is 0. The van der Waals surface area contributed by atoms with Gasteiger partial charge in [0.2, 0.25) is 5.91 Å². The van der Waals surface area contributed by atoms with Crippen molar-refractivity contribution in [2.24, 2.45) is 0 Å². The number of likely N-dealkylation sites (N-methyl/N-ethyl adjacent to an activating group) is 1. The van der Waals surface area contributed by atoms with Crippen LogP contribution in [0.2, 0.25) is 0 Å². The Morgan fingerprint density at radius 3 is 2.44 bits per heavy atom. The minimum atomic E-state index is 0.0960. The zero-order chi connectivity index (χ0) is 17.5. The first-order valence-corrected chi connectivity index (χ1v) is 9.42. The maximum Gasteiger partial charge on any atom is 0.225 e. The number of carbonyl (C=O) groups excluding carboxylic acids is 1. The smallest absolute Gasteiger partial charge is 0.225 e. The van der Waals surface area contributed by atoms with Gasteiger partial charge >= 0.3 is 0 Å². The number of para-hydroxylation sites is 2. The molecule has 1 N–H and O–H groups in total. The van der Waals surface area contributed by atoms with Gasteiger partial charge in [0.25, 0.3) is 0 Å². The van der Waals surface area contributed by atoms with Crippen LogP contribution < -0.4 is 10.2 Å². The molecule has 138 valence electrons. The minimum Gasteiger partial charge on any atom is -0.378 e. The number of ether oxygens (including phenoxy) is 1. The number of nitrogens with zero attached hydrogens (tertiary/aromatic N) is 3. The first-order chi connectivity index (χ1) is 12.3. The summed E-state index contributed by atoms with van der Waals surface area (Å²) < 4.78 is 5.43. The Labute approximate surface area is 150 Å². The lowest BCUT2D eigenvalue weighted by Crippen LogP contribution is -2.46. The molecule has 2 saturated heterocycles. The molecule has 2 aliphatic rings. The molecule has 25 heavy (non-hydrogen) atoms. The van der Waals surface area contributed by atoms with Crippen molar-refractivity contribution in [3.05, 3.63) is 24.3 Å². The minimum absolute atomic E-state index is 0.0960. The zero-order valence-corrected chi connectivity index (χ0v) is 15.2. The highest BCUT2D eigenvalue weighted by atomic mass is 16.5. The summed E-state index contributed by atoms with van der Waals surface area (Å²) in [5, 5.41) is 3.11. The number of hydrogen-bond acceptors (Lipinski definition) is 5. The van der Waals surface area contributed by atoms with E-state index in [9.17, 15) is 4.79 Å². The monoisotopic (exact) mass is 346 g/mol. The van der Waals surface area contributed by atoms with Crippen molar-refractivity contribution in [1.82, 2.24) is 9.80 Å². The lowest BCUT2D eigenvalue weighted by molar-refractivity contribution is -0.116. The topological polar surface area (TPSA) is 48.0 Å². The molecular weight excluding hydrogens is 316 g/mol. The SMILES string of the molecule is CCN1CCN(CCC(=O)Nc2ccccc2N2CCOCC2)CC1. The summed E-state index contributed by atoms with van der Waals surface area (Å²) in [5.41, 5.74) is 2.00. The van der Waals surface area contributed by atoms with E-state index in [-0.39, 0.29) is 5.91 Å². The van der Waals surface area contributed by atoms with E-state index in [4.69, 9.17) is 4.74 Å². The Hall–Kier alpha value is -1.63. The van der Waals surface area contributed by atoms with Crippen molar-refractivity contribution in [3.8, 4) is 0 Å². The molecule has 0 radical (unpaired) electrons. The Bertz CT molecular complexity index is 552. The van der Waals surface area contributed by atoms with Gasteiger partial charge in [-0.1, -0.05) is 19.1 Å². The van der Waals surface area contributed by atoms with E-state index < -0.39 is 0 Å². The predicted octanol–water partition coefficient (Wildman–Crippen LogP) is 1.49. The molecule has 0 unspecified atom stereocenters. The summed E-state index contributed by atoms with van der Waals surface area (Å²) in [6.45, 7) is 11.7. The fourth-order valence-electron chi connectivity index (χ4n) is 3.46. The number of amides is 1. The van der Waals surface area contributed by atoms with Gasteiger partial charge in [-0.15, -0.1) is 0 Å². The van der Waals surface area contributed by atoms with Gasteiger partial charge in [0, 0.05) is 52.2 Å². The number of anilines is 2. The van der Waals surface area contributed by atoms with Crippen molar-refractivity contribution in [2.75, 3.05) is 75.8 Å². The number of rotatable bonds is 6. The molecule has 0 aromatic heterocycles. The number of hydrogen-bond donors (Lipinski definition) is 1. The molecule has 3 rings (SSSR count). The standard InChI is InChI=1S/C19H30N4O2/c1-2-21-9-11-22(12-10-21)8-7-19(24)20-17-5-3-4-6-18(17)23-13-15-25-16-14-23/h3-6H,2,7-16H2,1H3,(H,20,24). The van der Waals surface area contributed by atoms with Crippen LogP contribution in [0.5, 0.6) is 0 Å². The van der Waals surface area contributed by atoms with Crippen LogP contribution >= 0.6 is 0 Å². The largest absolute Gasteiger partial charge is 0.378 e. The van der Waals surface area contributed by atoms with Crippen LogP contribution in [0.3, 0.4) is 0 Å². The maximum atomic E-state index is 12.4. The molecule has 1 amide bonds. The van der Waals surface area contributed by atoms with E-state index >= 15 is 0 Å². The van der Waals surface area contributed by atoms with Gasteiger partial charge in [-0.25, -0.2) is 0 Å². The molecule has 0 spiro atoms. The van der Waals surface area contributed by atoms with Gasteiger partial charge in [-0.05, 0) is 18.7 Å². The van der Waals surface area contributed by atoms with Crippen molar-refractivity contribution in [1.29, 1.82) is 0 Å². The van der Waals surface area contributed by atoms with E-state index in [0.29, 0.717) is 6.42 Å². The van der Waals surface area contributed by atoms with Crippen LogP contribution in [-0.4, -0.2) is 81.3 Å². The molecular formula is C19H30N4O2. The van der Waals surface area contributed by atoms with Gasteiger partial charge in [-0.3, -0.25) is 4.79 Å². The Kier molecular flexibility index (Phi) is 6.67. The molecule has 1 aromatic carbocycles. The number of carbonyl (C=O) groups is 1. The first kappa shape index (κ1) is 18.2. The summed E-state index contributed by atoms with van der Waals surface area (Å²) in [6, 6.07) is 8.06.